The summed E-state index contributed by atoms with van der Waals surface area (Å²) in [4.78, 5) is 0. The Morgan fingerprint density at radius 1 is 1.12 bits per heavy atom. The Morgan fingerprint density at radius 2 is 1.75 bits per heavy atom. The summed E-state index contributed by atoms with van der Waals surface area (Å²) in [5, 5.41) is 3.27. The number of hydrogen-bond acceptors (Lipinski definition) is 3. The van der Waals surface area contributed by atoms with E-state index in [1.807, 2.05) is 0 Å². The van der Waals surface area contributed by atoms with Crippen molar-refractivity contribution in [2.75, 3.05) is 26.1 Å². The predicted molar refractivity (Wildman–Crippen MR) is 66.7 cm³/mol. The summed E-state index contributed by atoms with van der Waals surface area (Å²) < 4.78 is 10.2. The molecule has 0 fully saturated rings. The van der Waals surface area contributed by atoms with Gasteiger partial charge in [-0.15, -0.1) is 0 Å². The largest absolute Gasteiger partial charge is 0.380 e. The molecule has 0 heterocycles. The van der Waals surface area contributed by atoms with E-state index in [0.717, 1.165) is 12.1 Å². The molecule has 0 aliphatic rings. The second-order valence-electron chi connectivity index (χ2n) is 3.73. The van der Waals surface area contributed by atoms with Crippen molar-refractivity contribution in [1.82, 2.24) is 0 Å². The fourth-order valence-corrected chi connectivity index (χ4v) is 1.54. The zero-order chi connectivity index (χ0) is 11.8. The minimum absolute atomic E-state index is 0.199. The van der Waals surface area contributed by atoms with E-state index < -0.39 is 0 Å². The van der Waals surface area contributed by atoms with Gasteiger partial charge in [0.1, 0.15) is 0 Å². The highest BCUT2D eigenvalue weighted by Gasteiger charge is 2.03. The predicted octanol–water partition coefficient (Wildman–Crippen LogP) is 2.67. The first-order valence-corrected chi connectivity index (χ1v) is 5.68. The maximum absolute atomic E-state index is 5.10. The molecule has 0 aliphatic heterocycles. The van der Waals surface area contributed by atoms with Crippen molar-refractivity contribution in [2.45, 2.75) is 26.1 Å². The first-order chi connectivity index (χ1) is 7.80. The molecular weight excluding hydrogens is 202 g/mol. The van der Waals surface area contributed by atoms with Gasteiger partial charge in [0.25, 0.3) is 0 Å². The summed E-state index contributed by atoms with van der Waals surface area (Å²) in [6.45, 7) is 2.84. The third-order valence-electron chi connectivity index (χ3n) is 2.49. The van der Waals surface area contributed by atoms with Gasteiger partial charge in [-0.1, -0.05) is 25.5 Å². The van der Waals surface area contributed by atoms with Gasteiger partial charge in [-0.25, -0.2) is 0 Å². The Bertz CT molecular complexity index is 280. The van der Waals surface area contributed by atoms with Gasteiger partial charge < -0.3 is 14.8 Å². The molecule has 3 nitrogen and oxygen atoms in total. The van der Waals surface area contributed by atoms with Crippen LogP contribution in [0.15, 0.2) is 24.3 Å². The van der Waals surface area contributed by atoms with Crippen LogP contribution in [-0.2, 0) is 15.9 Å². The Hall–Kier alpha value is -1.06. The van der Waals surface area contributed by atoms with Gasteiger partial charge in [-0.3, -0.25) is 0 Å². The second-order valence-corrected chi connectivity index (χ2v) is 3.73. The van der Waals surface area contributed by atoms with Crippen LogP contribution in [-0.4, -0.2) is 27.1 Å². The lowest BCUT2D eigenvalue weighted by molar-refractivity contribution is -0.0914. The molecule has 0 saturated carbocycles. The highest BCUT2D eigenvalue weighted by atomic mass is 16.7. The normalized spacial score (nSPS) is 10.8. The standard InChI is InChI=1S/C13H21NO2/c1-4-5-11-6-8-12(9-7-11)14-10-13(15-2)16-3/h6-9,13-14H,4-5,10H2,1-3H3. The van der Waals surface area contributed by atoms with E-state index in [1.165, 1.54) is 12.0 Å². The average Bonchev–Trinajstić information content (AvgIpc) is 2.33. The summed E-state index contributed by atoms with van der Waals surface area (Å²) in [5.74, 6) is 0. The van der Waals surface area contributed by atoms with Gasteiger partial charge in [-0.2, -0.15) is 0 Å². The van der Waals surface area contributed by atoms with Crippen molar-refractivity contribution in [3.63, 3.8) is 0 Å². The second kappa shape index (κ2) is 7.25. The lowest BCUT2D eigenvalue weighted by Gasteiger charge is -2.15. The summed E-state index contributed by atoms with van der Waals surface area (Å²) >= 11 is 0. The first-order valence-electron chi connectivity index (χ1n) is 5.68. The number of aryl methyl sites for hydroxylation is 1. The molecule has 1 N–H and O–H groups in total. The van der Waals surface area contributed by atoms with Gasteiger partial charge in [0.2, 0.25) is 0 Å². The van der Waals surface area contributed by atoms with Gasteiger partial charge >= 0.3 is 0 Å². The molecule has 16 heavy (non-hydrogen) atoms. The average molecular weight is 223 g/mol. The molecule has 3 heteroatoms. The topological polar surface area (TPSA) is 30.5 Å². The van der Waals surface area contributed by atoms with Crippen LogP contribution < -0.4 is 5.32 Å². The number of methoxy groups -OCH3 is 2. The zero-order valence-corrected chi connectivity index (χ0v) is 10.3. The summed E-state index contributed by atoms with van der Waals surface area (Å²) in [5.41, 5.74) is 2.47. The molecule has 0 unspecified atom stereocenters. The van der Waals surface area contributed by atoms with E-state index in [9.17, 15) is 0 Å². The van der Waals surface area contributed by atoms with Gasteiger partial charge in [0.15, 0.2) is 6.29 Å². The summed E-state index contributed by atoms with van der Waals surface area (Å²) in [6, 6.07) is 8.49. The van der Waals surface area contributed by atoms with Crippen LogP contribution >= 0.6 is 0 Å². The molecule has 1 rings (SSSR count). The third kappa shape index (κ3) is 4.21. The molecular formula is C13H21NO2. The van der Waals surface area contributed by atoms with Crippen molar-refractivity contribution in [1.29, 1.82) is 0 Å². The van der Waals surface area contributed by atoms with Gasteiger partial charge in [0, 0.05) is 19.9 Å². The maximum atomic E-state index is 5.10. The van der Waals surface area contributed by atoms with E-state index in [0.29, 0.717) is 6.54 Å². The molecule has 1 aromatic carbocycles. The molecule has 0 amide bonds. The van der Waals surface area contributed by atoms with Crippen LogP contribution in [0.1, 0.15) is 18.9 Å². The van der Waals surface area contributed by atoms with E-state index in [-0.39, 0.29) is 6.29 Å². The van der Waals surface area contributed by atoms with Crippen LogP contribution in [0.2, 0.25) is 0 Å². The fourth-order valence-electron chi connectivity index (χ4n) is 1.54. The van der Waals surface area contributed by atoms with Crippen LogP contribution in [0.4, 0.5) is 5.69 Å². The lowest BCUT2D eigenvalue weighted by atomic mass is 10.1. The molecule has 1 aromatic rings. The van der Waals surface area contributed by atoms with Crippen LogP contribution in [0.5, 0.6) is 0 Å². The van der Waals surface area contributed by atoms with Crippen molar-refractivity contribution in [2.24, 2.45) is 0 Å². The lowest BCUT2D eigenvalue weighted by Crippen LogP contribution is -2.23. The van der Waals surface area contributed by atoms with Gasteiger partial charge in [-0.05, 0) is 24.1 Å². The van der Waals surface area contributed by atoms with Crippen molar-refractivity contribution in [3.8, 4) is 0 Å². The van der Waals surface area contributed by atoms with Crippen molar-refractivity contribution in [3.05, 3.63) is 29.8 Å². The number of hydrogen-bond donors (Lipinski definition) is 1. The monoisotopic (exact) mass is 223 g/mol. The molecule has 0 aliphatic carbocycles. The summed E-state index contributed by atoms with van der Waals surface area (Å²) in [7, 11) is 3.28. The van der Waals surface area contributed by atoms with E-state index >= 15 is 0 Å². The van der Waals surface area contributed by atoms with E-state index in [1.54, 1.807) is 14.2 Å². The minimum atomic E-state index is -0.199. The molecule has 0 radical (unpaired) electrons. The molecule has 0 atom stereocenters. The van der Waals surface area contributed by atoms with Crippen LogP contribution in [0.3, 0.4) is 0 Å². The molecule has 0 bridgehead atoms. The Morgan fingerprint density at radius 3 is 2.25 bits per heavy atom. The van der Waals surface area contributed by atoms with Crippen molar-refractivity contribution >= 4 is 5.69 Å². The fraction of sp³-hybridized carbons (Fsp3) is 0.538. The number of ether oxygens (including phenoxy) is 2. The summed E-state index contributed by atoms with van der Waals surface area (Å²) in [6.07, 6.45) is 2.12. The Balaban J connectivity index is 2.42. The number of nitrogens with one attached hydrogen (secondary N) is 1. The van der Waals surface area contributed by atoms with E-state index in [4.69, 9.17) is 9.47 Å². The number of anilines is 1. The van der Waals surface area contributed by atoms with E-state index in [2.05, 4.69) is 36.5 Å². The highest BCUT2D eigenvalue weighted by molar-refractivity contribution is 5.44. The SMILES string of the molecule is CCCc1ccc(NCC(OC)OC)cc1. The molecule has 0 aromatic heterocycles. The Labute approximate surface area is 97.8 Å². The quantitative estimate of drug-likeness (QED) is 0.721. The smallest absolute Gasteiger partial charge is 0.173 e. The first kappa shape index (κ1) is 13.0. The van der Waals surface area contributed by atoms with Crippen molar-refractivity contribution < 1.29 is 9.47 Å². The number of benzene rings is 1. The maximum Gasteiger partial charge on any atom is 0.173 e. The highest BCUT2D eigenvalue weighted by Crippen LogP contribution is 2.11. The Kier molecular flexibility index (Phi) is 5.90. The van der Waals surface area contributed by atoms with Crippen LogP contribution in [0.25, 0.3) is 0 Å². The third-order valence-corrected chi connectivity index (χ3v) is 2.49. The molecule has 0 saturated heterocycles. The molecule has 0 spiro atoms. The zero-order valence-electron chi connectivity index (χ0n) is 10.3. The van der Waals surface area contributed by atoms with Gasteiger partial charge in [0.05, 0.1) is 6.54 Å². The minimum Gasteiger partial charge on any atom is -0.380 e. The molecule has 90 valence electrons. The number of rotatable bonds is 7. The van der Waals surface area contributed by atoms with Crippen LogP contribution in [0, 0.1) is 0 Å².